The highest BCUT2D eigenvalue weighted by Crippen LogP contribution is 2.36. The summed E-state index contributed by atoms with van der Waals surface area (Å²) in [5.41, 5.74) is 23.0. The number of carbonyl (C=O) groups is 1. The van der Waals surface area contributed by atoms with Crippen molar-refractivity contribution in [1.29, 1.82) is 0 Å². The van der Waals surface area contributed by atoms with E-state index in [1.54, 1.807) is 74.7 Å². The van der Waals surface area contributed by atoms with Gasteiger partial charge in [0, 0.05) is 80.2 Å². The summed E-state index contributed by atoms with van der Waals surface area (Å²) in [6, 6.07) is 39.0. The van der Waals surface area contributed by atoms with Gasteiger partial charge in [-0.05, 0) is 210 Å². The number of benzene rings is 7. The minimum atomic E-state index is -0.575. The fourth-order valence-corrected chi connectivity index (χ4v) is 11.4. The number of tetrazole rings is 2. The van der Waals surface area contributed by atoms with Crippen LogP contribution in [0.3, 0.4) is 0 Å². The second-order valence-electron chi connectivity index (χ2n) is 22.7. The first kappa shape index (κ1) is 59.8. The molecule has 7 aromatic carbocycles. The Hall–Kier alpha value is -10.5. The zero-order valence-electron chi connectivity index (χ0n) is 51.7. The SMILES string of the molecule is COc1cc2c(cc1OC)CN(CCc1ccc(-n3nnc(-c4cc(C)c(C)cc4N)n3)cc1)CC2.COc1cc2c(cc1OC)CN(CCc1ccc(-n3nnc(-c4cc(C)c(C)cc4NC(=O)c4cc(=O)c5cc(-n6ccnc6)ccc5o4)n3)cc1)CC2. The summed E-state index contributed by atoms with van der Waals surface area (Å²) < 4.78 is 29.6. The maximum absolute atomic E-state index is 13.5. The molecule has 0 fully saturated rings. The van der Waals surface area contributed by atoms with Crippen molar-refractivity contribution >= 4 is 28.3 Å². The number of fused-ring (bicyclic) bond motifs is 3. The van der Waals surface area contributed by atoms with E-state index in [1.807, 2.05) is 69.3 Å². The van der Waals surface area contributed by atoms with Gasteiger partial charge < -0.3 is 39.0 Å². The van der Waals surface area contributed by atoms with Crippen molar-refractivity contribution in [2.75, 3.05) is 65.7 Å². The Balaban J connectivity index is 0.000000189. The van der Waals surface area contributed by atoms with Gasteiger partial charge in [-0.1, -0.05) is 24.3 Å². The van der Waals surface area contributed by atoms with E-state index in [9.17, 15) is 9.59 Å². The molecule has 0 unspecified atom stereocenters. The summed E-state index contributed by atoms with van der Waals surface area (Å²) in [6.45, 7) is 13.7. The van der Waals surface area contributed by atoms with E-state index in [0.29, 0.717) is 39.6 Å². The van der Waals surface area contributed by atoms with Crippen molar-refractivity contribution in [3.8, 4) is 62.8 Å². The Bertz CT molecular complexity index is 4480. The number of aromatic nitrogens is 10. The molecule has 0 spiro atoms. The van der Waals surface area contributed by atoms with E-state index in [4.69, 9.17) is 29.1 Å². The van der Waals surface area contributed by atoms with Crippen LogP contribution >= 0.6 is 0 Å². The molecule has 90 heavy (non-hydrogen) atoms. The van der Waals surface area contributed by atoms with Gasteiger partial charge in [0.2, 0.25) is 11.6 Å². The van der Waals surface area contributed by atoms with Gasteiger partial charge in [-0.25, -0.2) is 4.98 Å². The molecule has 2 aliphatic rings. The van der Waals surface area contributed by atoms with Gasteiger partial charge in [-0.15, -0.1) is 30.0 Å². The highest BCUT2D eigenvalue weighted by Gasteiger charge is 2.23. The van der Waals surface area contributed by atoms with Crippen LogP contribution in [0.1, 0.15) is 66.2 Å². The van der Waals surface area contributed by atoms with Gasteiger partial charge >= 0.3 is 0 Å². The van der Waals surface area contributed by atoms with Crippen molar-refractivity contribution in [3.05, 3.63) is 212 Å². The number of aryl methyl sites for hydroxylation is 4. The van der Waals surface area contributed by atoms with Crippen LogP contribution in [0.4, 0.5) is 11.4 Å². The molecule has 3 N–H and O–H groups in total. The number of carbonyl (C=O) groups excluding carboxylic acids is 1. The van der Waals surface area contributed by atoms with Gasteiger partial charge in [0.25, 0.3) is 5.91 Å². The van der Waals surface area contributed by atoms with Crippen molar-refractivity contribution in [1.82, 2.24) is 59.8 Å². The normalized spacial score (nSPS) is 13.1. The number of nitrogen functional groups attached to an aromatic ring is 1. The molecule has 0 aliphatic carbocycles. The molecule has 0 saturated heterocycles. The number of imidazole rings is 1. The molecule has 11 aromatic rings. The van der Waals surface area contributed by atoms with Crippen molar-refractivity contribution in [3.63, 3.8) is 0 Å². The van der Waals surface area contributed by atoms with Gasteiger partial charge in [-0.3, -0.25) is 19.4 Å². The molecule has 0 radical (unpaired) electrons. The molecular weight excluding hydrogens is 1140 g/mol. The number of anilines is 2. The smallest absolute Gasteiger partial charge is 0.291 e. The fourth-order valence-electron chi connectivity index (χ4n) is 11.4. The number of ether oxygens (including phenoxy) is 4. The van der Waals surface area contributed by atoms with Crippen LogP contribution in [0.2, 0.25) is 0 Å². The maximum Gasteiger partial charge on any atom is 0.291 e. The van der Waals surface area contributed by atoms with Crippen LogP contribution in [0.5, 0.6) is 23.0 Å². The van der Waals surface area contributed by atoms with E-state index in [2.05, 4.69) is 106 Å². The number of methoxy groups -OCH3 is 4. The lowest BCUT2D eigenvalue weighted by Gasteiger charge is -2.29. The van der Waals surface area contributed by atoms with Crippen LogP contribution < -0.4 is 35.4 Å². The van der Waals surface area contributed by atoms with Gasteiger partial charge in [0.1, 0.15) is 5.58 Å². The number of nitrogens with two attached hydrogens (primary N) is 1. The second-order valence-corrected chi connectivity index (χ2v) is 22.7. The Morgan fingerprint density at radius 1 is 0.578 bits per heavy atom. The lowest BCUT2D eigenvalue weighted by molar-refractivity contribution is 0.0997. The lowest BCUT2D eigenvalue weighted by atomic mass is 9.98. The summed E-state index contributed by atoms with van der Waals surface area (Å²) in [7, 11) is 6.70. The molecule has 13 rings (SSSR count). The molecule has 21 heteroatoms. The molecule has 2 aliphatic heterocycles. The average molecular weight is 1210 g/mol. The number of nitrogens with one attached hydrogen (secondary N) is 1. The first-order valence-corrected chi connectivity index (χ1v) is 29.8. The molecular formula is C69H70N14O7. The van der Waals surface area contributed by atoms with Crippen molar-refractivity contribution in [2.24, 2.45) is 0 Å². The van der Waals surface area contributed by atoms with Crippen molar-refractivity contribution < 1.29 is 28.2 Å². The number of hydrogen-bond donors (Lipinski definition) is 2. The van der Waals surface area contributed by atoms with Crippen LogP contribution in [0.25, 0.3) is 50.8 Å². The standard InChI is InChI=1S/C41H38N8O5.C28H32N6O2/c1-25-17-32(34(18-26(25)2)43-41(51)39-22-35(50)33-21-31(9-10-36(33)54-39)48-16-13-42-24-48)40-44-46-49(45-40)30-7-5-27(6-8-30)11-14-47-15-12-28-19-37(52-3)38(53-4)20-29(28)23-47;1-18-13-24(25(29)14-19(18)2)28-30-32-34(31-28)23-7-5-20(6-8-23)9-11-33-12-10-21-15-26(35-3)27(36-4)16-22(21)17-33/h5-10,13,16-22,24H,11-12,14-15,23H2,1-4H3,(H,43,51);5-8,13-16H,9-12,17,29H2,1-4H3. The quantitative estimate of drug-likeness (QED) is 0.0807. The lowest BCUT2D eigenvalue weighted by Crippen LogP contribution is -2.32. The van der Waals surface area contributed by atoms with E-state index in [0.717, 1.165) is 133 Å². The second kappa shape index (κ2) is 26.1. The zero-order chi connectivity index (χ0) is 62.6. The molecule has 0 bridgehead atoms. The van der Waals surface area contributed by atoms with Gasteiger partial charge in [-0.2, -0.15) is 0 Å². The predicted molar refractivity (Wildman–Crippen MR) is 345 cm³/mol. The molecule has 21 nitrogen and oxygen atoms in total. The van der Waals surface area contributed by atoms with E-state index >= 15 is 0 Å². The number of nitrogens with zero attached hydrogens (tertiary/aromatic N) is 12. The summed E-state index contributed by atoms with van der Waals surface area (Å²) in [5.74, 6) is 3.30. The van der Waals surface area contributed by atoms with E-state index in [1.165, 1.54) is 44.2 Å². The topological polar surface area (TPSA) is 234 Å². The number of amides is 1. The van der Waals surface area contributed by atoms with Crippen LogP contribution in [0, 0.1) is 27.7 Å². The average Bonchev–Trinajstić information content (AvgIpc) is 2.32. The largest absolute Gasteiger partial charge is 0.493 e. The Morgan fingerprint density at radius 2 is 1.07 bits per heavy atom. The zero-order valence-corrected chi connectivity index (χ0v) is 51.7. The Labute approximate surface area is 520 Å². The van der Waals surface area contributed by atoms with E-state index < -0.39 is 5.91 Å². The molecule has 458 valence electrons. The molecule has 6 heterocycles. The van der Waals surface area contributed by atoms with E-state index in [-0.39, 0.29) is 11.2 Å². The summed E-state index contributed by atoms with van der Waals surface area (Å²) in [4.78, 5) is 38.7. The fraction of sp³-hybridized carbons (Fsp3) is 0.261. The summed E-state index contributed by atoms with van der Waals surface area (Å²) in [5, 5.41) is 29.7. The molecule has 0 saturated carbocycles. The minimum Gasteiger partial charge on any atom is -0.493 e. The Kier molecular flexibility index (Phi) is 17.3. The predicted octanol–water partition coefficient (Wildman–Crippen LogP) is 10.3. The minimum absolute atomic E-state index is 0.116. The number of hydrogen-bond acceptors (Lipinski definition) is 17. The Morgan fingerprint density at radius 3 is 1.59 bits per heavy atom. The third kappa shape index (κ3) is 12.9. The van der Waals surface area contributed by atoms with Gasteiger partial charge in [0.15, 0.2) is 34.2 Å². The number of rotatable bonds is 17. The molecule has 0 atom stereocenters. The maximum atomic E-state index is 13.5. The van der Waals surface area contributed by atoms with Crippen LogP contribution in [-0.4, -0.2) is 120 Å². The van der Waals surface area contributed by atoms with Crippen LogP contribution in [0.15, 0.2) is 149 Å². The first-order valence-electron chi connectivity index (χ1n) is 29.8. The highest BCUT2D eigenvalue weighted by molar-refractivity contribution is 6.05. The van der Waals surface area contributed by atoms with Crippen LogP contribution in [-0.2, 0) is 38.8 Å². The third-order valence-electron chi connectivity index (χ3n) is 17.0. The monoisotopic (exact) mass is 1210 g/mol. The highest BCUT2D eigenvalue weighted by atomic mass is 16.5. The molecule has 4 aromatic heterocycles. The summed E-state index contributed by atoms with van der Waals surface area (Å²) in [6.07, 6.45) is 8.93. The third-order valence-corrected chi connectivity index (χ3v) is 17.0. The van der Waals surface area contributed by atoms with Crippen molar-refractivity contribution in [2.45, 2.75) is 66.5 Å². The molecule has 1 amide bonds. The first-order chi connectivity index (χ1) is 43.7. The summed E-state index contributed by atoms with van der Waals surface area (Å²) >= 11 is 0. The van der Waals surface area contributed by atoms with Gasteiger partial charge in [0.05, 0.1) is 57.2 Å².